The van der Waals surface area contributed by atoms with Gasteiger partial charge in [-0.25, -0.2) is 0 Å². The van der Waals surface area contributed by atoms with Crippen molar-refractivity contribution in [3.8, 4) is 0 Å². The van der Waals surface area contributed by atoms with Gasteiger partial charge in [0, 0.05) is 21.2 Å². The maximum absolute atomic E-state index is 4.27. The van der Waals surface area contributed by atoms with Crippen molar-refractivity contribution in [2.24, 2.45) is 0 Å². The van der Waals surface area contributed by atoms with E-state index in [1.807, 2.05) is 45.1 Å². The van der Waals surface area contributed by atoms with Crippen LogP contribution in [-0.2, 0) is 0 Å². The summed E-state index contributed by atoms with van der Waals surface area (Å²) in [5, 5.41) is 2.58. The van der Waals surface area contributed by atoms with Crippen LogP contribution in [0.1, 0.15) is 6.92 Å². The van der Waals surface area contributed by atoms with Crippen LogP contribution in [0.5, 0.6) is 0 Å². The van der Waals surface area contributed by atoms with Gasteiger partial charge in [0.15, 0.2) is 0 Å². The smallest absolute Gasteiger partial charge is 0.0734 e. The van der Waals surface area contributed by atoms with Crippen molar-refractivity contribution in [2.45, 2.75) is 16.3 Å². The average Bonchev–Trinajstić information content (AvgIpc) is 1.82. The first-order valence-corrected chi connectivity index (χ1v) is 9.12. The molecule has 1 saturated heterocycles. The van der Waals surface area contributed by atoms with Gasteiger partial charge < -0.3 is 0 Å². The molecule has 0 bridgehead atoms. The van der Waals surface area contributed by atoms with Gasteiger partial charge in [-0.05, 0) is 6.92 Å². The fourth-order valence-corrected chi connectivity index (χ4v) is 8.18. The molecule has 0 N–H and O–H groups in total. The summed E-state index contributed by atoms with van der Waals surface area (Å²) in [6.07, 6.45) is 0. The second-order valence-electron chi connectivity index (χ2n) is 2.43. The van der Waals surface area contributed by atoms with Gasteiger partial charge in [0.25, 0.3) is 0 Å². The minimum atomic E-state index is 0.319. The Morgan fingerprint density at radius 1 is 1.42 bits per heavy atom. The molecule has 0 aromatic carbocycles. The molecule has 0 spiro atoms. The van der Waals surface area contributed by atoms with Crippen molar-refractivity contribution in [1.82, 2.24) is 0 Å². The molecule has 1 atom stereocenters. The molecule has 6 heteroatoms. The van der Waals surface area contributed by atoms with Crippen molar-refractivity contribution in [1.29, 1.82) is 0 Å². The summed E-state index contributed by atoms with van der Waals surface area (Å²) in [5.41, 5.74) is 0. The lowest BCUT2D eigenvalue weighted by atomic mass is 10.3. The Morgan fingerprint density at radius 3 is 2.17 bits per heavy atom. The van der Waals surface area contributed by atoms with Crippen LogP contribution in [0.15, 0.2) is 0 Å². The van der Waals surface area contributed by atoms with Gasteiger partial charge in [-0.1, -0.05) is 21.6 Å². The van der Waals surface area contributed by atoms with E-state index in [0.717, 1.165) is 15.4 Å². The summed E-state index contributed by atoms with van der Waals surface area (Å²) >= 11 is 12.4. The summed E-state index contributed by atoms with van der Waals surface area (Å²) in [5.74, 6) is 1.28. The Balaban J connectivity index is 2.44. The fraction of sp³-hybridized carbons (Fsp3) is 1.00. The quantitative estimate of drug-likeness (QED) is 0.446. The number of thiol groups is 2. The maximum Gasteiger partial charge on any atom is 0.0734 e. The zero-order valence-electron chi connectivity index (χ0n) is 6.73. The second kappa shape index (κ2) is 5.85. The predicted octanol–water partition coefficient (Wildman–Crippen LogP) is 3.71. The van der Waals surface area contributed by atoms with Gasteiger partial charge >= 0.3 is 0 Å². The molecule has 1 unspecified atom stereocenters. The lowest BCUT2D eigenvalue weighted by Crippen LogP contribution is -2.36. The monoisotopic (exact) mass is 276 g/mol. The zero-order chi connectivity index (χ0) is 9.03. The van der Waals surface area contributed by atoms with Crippen LogP contribution in [0, 0.1) is 0 Å². The van der Waals surface area contributed by atoms with Crippen LogP contribution in [-0.4, -0.2) is 25.3 Å². The predicted molar refractivity (Wildman–Crippen MR) is 75.1 cm³/mol. The number of hydrogen-bond donors (Lipinski definition) is 2. The highest BCUT2D eigenvalue weighted by Gasteiger charge is 2.39. The topological polar surface area (TPSA) is 0 Å². The number of thioether (sulfide) groups is 2. The molecule has 0 nitrogen and oxygen atoms in total. The molecule has 1 rings (SSSR count). The molecule has 0 saturated carbocycles. The molecule has 0 radical (unpaired) electrons. The average molecular weight is 277 g/mol. The van der Waals surface area contributed by atoms with Gasteiger partial charge in [0.2, 0.25) is 0 Å². The Labute approximate surface area is 102 Å². The highest BCUT2D eigenvalue weighted by Crippen LogP contribution is 2.55. The molecule has 1 aliphatic rings. The van der Waals surface area contributed by atoms with E-state index in [2.05, 4.69) is 32.2 Å². The van der Waals surface area contributed by atoms with Crippen molar-refractivity contribution in [3.05, 3.63) is 0 Å². The molecular weight excluding hydrogens is 264 g/mol. The fourth-order valence-electron chi connectivity index (χ4n) is 0.859. The van der Waals surface area contributed by atoms with Gasteiger partial charge in [-0.15, -0.1) is 23.5 Å². The lowest BCUT2D eigenvalue weighted by molar-refractivity contribution is 0.878. The molecule has 72 valence electrons. The SMILES string of the molecule is CC(SCS)(SCS)C1CSS1. The summed E-state index contributed by atoms with van der Waals surface area (Å²) in [6.45, 7) is 2.31. The standard InChI is InChI=1S/C6H12S6/c1-6(9-3-7,10-4-8)5-2-11-12-5/h5,7-8H,2-4H2,1H3. The van der Waals surface area contributed by atoms with Gasteiger partial charge in [0.05, 0.1) is 4.08 Å². The third kappa shape index (κ3) is 3.05. The van der Waals surface area contributed by atoms with E-state index in [-0.39, 0.29) is 0 Å². The minimum absolute atomic E-state index is 0.319. The zero-order valence-corrected chi connectivity index (χ0v) is 11.8. The summed E-state index contributed by atoms with van der Waals surface area (Å²) in [7, 11) is 3.96. The van der Waals surface area contributed by atoms with E-state index < -0.39 is 0 Å². The van der Waals surface area contributed by atoms with Crippen molar-refractivity contribution in [2.75, 3.05) is 15.9 Å². The van der Waals surface area contributed by atoms with Gasteiger partial charge in [-0.2, -0.15) is 25.3 Å². The van der Waals surface area contributed by atoms with E-state index >= 15 is 0 Å². The first kappa shape index (κ1) is 12.2. The van der Waals surface area contributed by atoms with Crippen LogP contribution < -0.4 is 0 Å². The molecule has 0 amide bonds. The molecule has 0 aromatic rings. The van der Waals surface area contributed by atoms with Crippen molar-refractivity contribution in [3.63, 3.8) is 0 Å². The van der Waals surface area contributed by atoms with Crippen LogP contribution in [0.4, 0.5) is 0 Å². The largest absolute Gasteiger partial charge is 0.168 e. The molecule has 1 fully saturated rings. The lowest BCUT2D eigenvalue weighted by Gasteiger charge is -2.39. The Bertz CT molecular complexity index is 128. The molecule has 1 aliphatic heterocycles. The Kier molecular flexibility index (Phi) is 5.94. The van der Waals surface area contributed by atoms with Gasteiger partial charge in [0.1, 0.15) is 0 Å². The highest BCUT2D eigenvalue weighted by atomic mass is 33.1. The second-order valence-corrected chi connectivity index (χ2v) is 9.64. The third-order valence-electron chi connectivity index (χ3n) is 1.69. The first-order valence-electron chi connectivity index (χ1n) is 3.51. The third-order valence-corrected chi connectivity index (χ3v) is 8.64. The van der Waals surface area contributed by atoms with Crippen LogP contribution in [0.2, 0.25) is 0 Å². The Hall–Kier alpha value is 2.10. The normalized spacial score (nSPS) is 23.8. The van der Waals surface area contributed by atoms with E-state index in [1.165, 1.54) is 5.75 Å². The van der Waals surface area contributed by atoms with E-state index in [9.17, 15) is 0 Å². The highest BCUT2D eigenvalue weighted by molar-refractivity contribution is 8.80. The van der Waals surface area contributed by atoms with E-state index in [4.69, 9.17) is 0 Å². The van der Waals surface area contributed by atoms with E-state index in [0.29, 0.717) is 4.08 Å². The van der Waals surface area contributed by atoms with Crippen molar-refractivity contribution < 1.29 is 0 Å². The number of rotatable bonds is 5. The summed E-state index contributed by atoms with van der Waals surface area (Å²) in [6, 6.07) is 0. The van der Waals surface area contributed by atoms with Crippen LogP contribution in [0.25, 0.3) is 0 Å². The summed E-state index contributed by atoms with van der Waals surface area (Å²) < 4.78 is 0.319. The number of hydrogen-bond acceptors (Lipinski definition) is 6. The first-order chi connectivity index (χ1) is 5.73. The van der Waals surface area contributed by atoms with Crippen LogP contribution in [0.3, 0.4) is 0 Å². The molecule has 12 heavy (non-hydrogen) atoms. The van der Waals surface area contributed by atoms with Crippen LogP contribution >= 0.6 is 70.4 Å². The molecule has 0 aliphatic carbocycles. The van der Waals surface area contributed by atoms with Gasteiger partial charge in [-0.3, -0.25) is 0 Å². The summed E-state index contributed by atoms with van der Waals surface area (Å²) in [4.78, 5) is 0. The van der Waals surface area contributed by atoms with Crippen molar-refractivity contribution >= 4 is 70.4 Å². The molecule has 0 aromatic heterocycles. The molecule has 1 heterocycles. The van der Waals surface area contributed by atoms with E-state index in [1.54, 1.807) is 0 Å². The molecular formula is C6H12S6. The maximum atomic E-state index is 4.27. The minimum Gasteiger partial charge on any atom is -0.168 e. The Morgan fingerprint density at radius 2 is 1.92 bits per heavy atom.